The Kier molecular flexibility index (Phi) is 5.81. The zero-order valence-corrected chi connectivity index (χ0v) is 16.6. The van der Waals surface area contributed by atoms with Crippen molar-refractivity contribution in [2.45, 2.75) is 38.3 Å². The SMILES string of the molecule is NC(=O)CC1CN(C(=O)Nc2ccccc2)CCN1Cc1ccc2c(c1)CCC2. The van der Waals surface area contributed by atoms with Gasteiger partial charge >= 0.3 is 6.03 Å². The molecule has 4 rings (SSSR count). The van der Waals surface area contributed by atoms with E-state index in [9.17, 15) is 9.59 Å². The van der Waals surface area contributed by atoms with Crippen LogP contribution in [0, 0.1) is 0 Å². The second-order valence-corrected chi connectivity index (χ2v) is 7.99. The van der Waals surface area contributed by atoms with Gasteiger partial charge in [-0.2, -0.15) is 0 Å². The van der Waals surface area contributed by atoms with Crippen LogP contribution in [0.2, 0.25) is 0 Å². The number of rotatable bonds is 5. The van der Waals surface area contributed by atoms with E-state index in [0.29, 0.717) is 13.1 Å². The molecule has 0 aromatic heterocycles. The molecule has 1 aliphatic heterocycles. The lowest BCUT2D eigenvalue weighted by atomic mass is 10.0. The van der Waals surface area contributed by atoms with Crippen LogP contribution in [0.3, 0.4) is 0 Å². The van der Waals surface area contributed by atoms with Crippen LogP contribution in [0.25, 0.3) is 0 Å². The van der Waals surface area contributed by atoms with Gasteiger partial charge in [-0.15, -0.1) is 0 Å². The monoisotopic (exact) mass is 392 g/mol. The summed E-state index contributed by atoms with van der Waals surface area (Å²) in [7, 11) is 0. The molecule has 1 aliphatic carbocycles. The third-order valence-corrected chi connectivity index (χ3v) is 5.90. The van der Waals surface area contributed by atoms with Gasteiger partial charge in [-0.3, -0.25) is 9.69 Å². The van der Waals surface area contributed by atoms with Crippen LogP contribution in [-0.4, -0.2) is 47.4 Å². The van der Waals surface area contributed by atoms with E-state index >= 15 is 0 Å². The number of anilines is 1. The summed E-state index contributed by atoms with van der Waals surface area (Å²) in [6.07, 6.45) is 3.81. The Bertz CT molecular complexity index is 884. The zero-order chi connectivity index (χ0) is 20.2. The molecule has 1 saturated heterocycles. The van der Waals surface area contributed by atoms with Crippen LogP contribution >= 0.6 is 0 Å². The van der Waals surface area contributed by atoms with E-state index in [4.69, 9.17) is 5.73 Å². The lowest BCUT2D eigenvalue weighted by Gasteiger charge is -2.41. The predicted molar refractivity (Wildman–Crippen MR) is 114 cm³/mol. The molecule has 1 atom stereocenters. The molecule has 1 unspecified atom stereocenters. The second-order valence-electron chi connectivity index (χ2n) is 7.99. The van der Waals surface area contributed by atoms with Crippen LogP contribution in [-0.2, 0) is 24.2 Å². The van der Waals surface area contributed by atoms with Crippen molar-refractivity contribution in [3.05, 3.63) is 65.2 Å². The highest BCUT2D eigenvalue weighted by atomic mass is 16.2. The molecular formula is C23H28N4O2. The summed E-state index contributed by atoms with van der Waals surface area (Å²) in [5.41, 5.74) is 10.5. The zero-order valence-electron chi connectivity index (χ0n) is 16.6. The molecule has 0 saturated carbocycles. The van der Waals surface area contributed by atoms with Crippen LogP contribution < -0.4 is 11.1 Å². The number of fused-ring (bicyclic) bond motifs is 1. The fraction of sp³-hybridized carbons (Fsp3) is 0.391. The van der Waals surface area contributed by atoms with Crippen molar-refractivity contribution in [2.24, 2.45) is 5.73 Å². The van der Waals surface area contributed by atoms with Gasteiger partial charge in [0.2, 0.25) is 5.91 Å². The molecular weight excluding hydrogens is 364 g/mol. The molecule has 29 heavy (non-hydrogen) atoms. The number of urea groups is 1. The van der Waals surface area contributed by atoms with E-state index in [1.807, 2.05) is 30.3 Å². The van der Waals surface area contributed by atoms with E-state index < -0.39 is 0 Å². The number of aryl methyl sites for hydroxylation is 2. The normalized spacial score (nSPS) is 19.0. The molecule has 2 aromatic carbocycles. The highest BCUT2D eigenvalue weighted by molar-refractivity contribution is 5.89. The Balaban J connectivity index is 1.42. The smallest absolute Gasteiger partial charge is 0.321 e. The Morgan fingerprint density at radius 1 is 1.03 bits per heavy atom. The fourth-order valence-corrected chi connectivity index (χ4v) is 4.39. The Morgan fingerprint density at radius 3 is 2.62 bits per heavy atom. The third kappa shape index (κ3) is 4.77. The van der Waals surface area contributed by atoms with Crippen molar-refractivity contribution in [1.29, 1.82) is 0 Å². The van der Waals surface area contributed by atoms with Gasteiger partial charge < -0.3 is 16.0 Å². The number of primary amides is 1. The van der Waals surface area contributed by atoms with E-state index in [0.717, 1.165) is 25.2 Å². The van der Waals surface area contributed by atoms with Crippen molar-refractivity contribution >= 4 is 17.6 Å². The largest absolute Gasteiger partial charge is 0.370 e. The number of nitrogens with two attached hydrogens (primary N) is 1. The fourth-order valence-electron chi connectivity index (χ4n) is 4.39. The molecule has 1 fully saturated rings. The number of amides is 3. The summed E-state index contributed by atoms with van der Waals surface area (Å²) in [4.78, 5) is 28.4. The quantitative estimate of drug-likeness (QED) is 0.821. The molecule has 0 bridgehead atoms. The van der Waals surface area contributed by atoms with E-state index in [1.54, 1.807) is 4.90 Å². The Morgan fingerprint density at radius 2 is 1.83 bits per heavy atom. The van der Waals surface area contributed by atoms with Gasteiger partial charge in [-0.1, -0.05) is 36.4 Å². The van der Waals surface area contributed by atoms with E-state index in [2.05, 4.69) is 28.4 Å². The maximum Gasteiger partial charge on any atom is 0.321 e. The molecule has 6 nitrogen and oxygen atoms in total. The van der Waals surface area contributed by atoms with Gasteiger partial charge in [0.25, 0.3) is 0 Å². The van der Waals surface area contributed by atoms with Crippen LogP contribution in [0.15, 0.2) is 48.5 Å². The standard InChI is InChI=1S/C23H28N4O2/c24-22(28)14-21-16-27(23(29)25-20-7-2-1-3-8-20)12-11-26(21)15-17-9-10-18-5-4-6-19(18)13-17/h1-3,7-10,13,21H,4-6,11-12,14-16H2,(H2,24,28)(H,25,29). The molecule has 2 aromatic rings. The van der Waals surface area contributed by atoms with Crippen molar-refractivity contribution in [1.82, 2.24) is 9.80 Å². The number of piperazine rings is 1. The first-order chi connectivity index (χ1) is 14.1. The first-order valence-corrected chi connectivity index (χ1v) is 10.3. The number of hydrogen-bond donors (Lipinski definition) is 2. The topological polar surface area (TPSA) is 78.7 Å². The minimum atomic E-state index is -0.334. The molecule has 6 heteroatoms. The number of nitrogens with zero attached hydrogens (tertiary/aromatic N) is 2. The highest BCUT2D eigenvalue weighted by Crippen LogP contribution is 2.25. The average molecular weight is 393 g/mol. The van der Waals surface area contributed by atoms with Crippen LogP contribution in [0.4, 0.5) is 10.5 Å². The number of para-hydroxylation sites is 1. The predicted octanol–water partition coefficient (Wildman–Crippen LogP) is 2.77. The minimum Gasteiger partial charge on any atom is -0.370 e. The first-order valence-electron chi connectivity index (χ1n) is 10.3. The molecule has 1 heterocycles. The number of benzene rings is 2. The Labute approximate surface area is 171 Å². The number of carbonyl (C=O) groups is 2. The van der Waals surface area contributed by atoms with Gasteiger partial charge in [0.1, 0.15) is 0 Å². The summed E-state index contributed by atoms with van der Waals surface area (Å²) in [5, 5.41) is 2.93. The second kappa shape index (κ2) is 8.66. The molecule has 0 spiro atoms. The van der Waals surface area contributed by atoms with Gasteiger partial charge in [0, 0.05) is 44.3 Å². The molecule has 3 N–H and O–H groups in total. The lowest BCUT2D eigenvalue weighted by Crippen LogP contribution is -2.56. The molecule has 2 aliphatic rings. The summed E-state index contributed by atoms with van der Waals surface area (Å²) in [6, 6.07) is 15.9. The average Bonchev–Trinajstić information content (AvgIpc) is 3.17. The van der Waals surface area contributed by atoms with Gasteiger partial charge in [0.15, 0.2) is 0 Å². The summed E-state index contributed by atoms with van der Waals surface area (Å²) in [5.74, 6) is -0.334. The van der Waals surface area contributed by atoms with Crippen molar-refractivity contribution in [3.63, 3.8) is 0 Å². The van der Waals surface area contributed by atoms with Gasteiger partial charge in [0.05, 0.1) is 0 Å². The van der Waals surface area contributed by atoms with Crippen molar-refractivity contribution < 1.29 is 9.59 Å². The van der Waals surface area contributed by atoms with Crippen LogP contribution in [0.5, 0.6) is 0 Å². The first kappa shape index (κ1) is 19.5. The molecule has 152 valence electrons. The third-order valence-electron chi connectivity index (χ3n) is 5.90. The van der Waals surface area contributed by atoms with Crippen molar-refractivity contribution in [2.75, 3.05) is 25.0 Å². The summed E-state index contributed by atoms with van der Waals surface area (Å²) in [6.45, 7) is 2.61. The van der Waals surface area contributed by atoms with Crippen LogP contribution in [0.1, 0.15) is 29.5 Å². The number of hydrogen-bond acceptors (Lipinski definition) is 3. The summed E-state index contributed by atoms with van der Waals surface area (Å²) < 4.78 is 0. The lowest BCUT2D eigenvalue weighted by molar-refractivity contribution is -0.119. The maximum atomic E-state index is 12.7. The van der Waals surface area contributed by atoms with Gasteiger partial charge in [-0.25, -0.2) is 4.79 Å². The van der Waals surface area contributed by atoms with Gasteiger partial charge in [-0.05, 0) is 48.1 Å². The minimum absolute atomic E-state index is 0.0731. The summed E-state index contributed by atoms with van der Waals surface area (Å²) >= 11 is 0. The number of carbonyl (C=O) groups excluding carboxylic acids is 2. The number of nitrogens with one attached hydrogen (secondary N) is 1. The highest BCUT2D eigenvalue weighted by Gasteiger charge is 2.31. The molecule has 0 radical (unpaired) electrons. The molecule has 3 amide bonds. The van der Waals surface area contributed by atoms with E-state index in [1.165, 1.54) is 29.5 Å². The maximum absolute atomic E-state index is 12.7. The van der Waals surface area contributed by atoms with E-state index in [-0.39, 0.29) is 24.4 Å². The van der Waals surface area contributed by atoms with Crippen molar-refractivity contribution in [3.8, 4) is 0 Å². The Hall–Kier alpha value is -2.86.